The van der Waals surface area contributed by atoms with E-state index in [1.165, 1.54) is 23.8 Å². The lowest BCUT2D eigenvalue weighted by atomic mass is 9.76. The average molecular weight is 401 g/mol. The average Bonchev–Trinajstić information content (AvgIpc) is 3.33. The lowest BCUT2D eigenvalue weighted by Crippen LogP contribution is -2.61. The van der Waals surface area contributed by atoms with Gasteiger partial charge in [-0.3, -0.25) is 19.5 Å². The molecule has 0 spiro atoms. The highest BCUT2D eigenvalue weighted by Gasteiger charge is 2.73. The Morgan fingerprint density at radius 2 is 2.00 bits per heavy atom. The summed E-state index contributed by atoms with van der Waals surface area (Å²) in [5.74, 6) is -2.33. The van der Waals surface area contributed by atoms with Crippen molar-refractivity contribution in [3.8, 4) is 0 Å². The van der Waals surface area contributed by atoms with Gasteiger partial charge >= 0.3 is 5.97 Å². The summed E-state index contributed by atoms with van der Waals surface area (Å²) >= 11 is 1.43. The summed E-state index contributed by atoms with van der Waals surface area (Å²) in [4.78, 5) is 47.5. The Morgan fingerprint density at radius 3 is 2.61 bits per heavy atom. The van der Waals surface area contributed by atoms with Crippen LogP contribution in [0.2, 0.25) is 0 Å². The molecule has 2 amide bonds. The maximum atomic E-state index is 13.3. The number of fused-ring (bicyclic) bond motifs is 3. The van der Waals surface area contributed by atoms with Gasteiger partial charge in [0.2, 0.25) is 11.8 Å². The van der Waals surface area contributed by atoms with Crippen molar-refractivity contribution in [3.63, 3.8) is 0 Å². The van der Waals surface area contributed by atoms with Crippen molar-refractivity contribution in [2.24, 2.45) is 16.8 Å². The van der Waals surface area contributed by atoms with Gasteiger partial charge in [0.15, 0.2) is 10.7 Å². The molecule has 3 aliphatic rings. The van der Waals surface area contributed by atoms with E-state index < -0.39 is 23.3 Å². The number of hydrogen-bond acceptors (Lipinski definition) is 7. The SMILES string of the molecule is CCN1C(=O)[C@H]2[C@H]3CN=C(SC)N3[C@@](Cc3ccccc3)(C(=O)OC)[C@H]2C1=O. The summed E-state index contributed by atoms with van der Waals surface area (Å²) in [5.41, 5.74) is -0.365. The van der Waals surface area contributed by atoms with Crippen LogP contribution in [0.3, 0.4) is 0 Å². The van der Waals surface area contributed by atoms with Gasteiger partial charge in [0.05, 0.1) is 31.5 Å². The third kappa shape index (κ3) is 2.36. The quantitative estimate of drug-likeness (QED) is 0.557. The van der Waals surface area contributed by atoms with Crippen molar-refractivity contribution in [3.05, 3.63) is 35.9 Å². The fourth-order valence-corrected chi connectivity index (χ4v) is 5.75. The Kier molecular flexibility index (Phi) is 4.69. The number of thioether (sulfide) groups is 1. The highest BCUT2D eigenvalue weighted by atomic mass is 32.2. The molecule has 2 saturated heterocycles. The van der Waals surface area contributed by atoms with Gasteiger partial charge in [-0.1, -0.05) is 42.1 Å². The van der Waals surface area contributed by atoms with Crippen molar-refractivity contribution in [2.75, 3.05) is 26.5 Å². The number of benzene rings is 1. The molecule has 0 radical (unpaired) electrons. The molecule has 148 valence electrons. The second kappa shape index (κ2) is 6.92. The van der Waals surface area contributed by atoms with Gasteiger partial charge in [0.25, 0.3) is 0 Å². The van der Waals surface area contributed by atoms with E-state index in [-0.39, 0.29) is 24.3 Å². The zero-order valence-corrected chi connectivity index (χ0v) is 16.9. The molecule has 7 nitrogen and oxygen atoms in total. The molecule has 3 heterocycles. The van der Waals surface area contributed by atoms with Crippen molar-refractivity contribution >= 4 is 34.7 Å². The van der Waals surface area contributed by atoms with Gasteiger partial charge in [-0.2, -0.15) is 0 Å². The van der Waals surface area contributed by atoms with Crippen LogP contribution < -0.4 is 0 Å². The van der Waals surface area contributed by atoms with Crippen molar-refractivity contribution in [2.45, 2.75) is 24.9 Å². The lowest BCUT2D eigenvalue weighted by Gasteiger charge is -2.40. The molecular formula is C20H23N3O4S. The number of methoxy groups -OCH3 is 1. The monoisotopic (exact) mass is 401 g/mol. The Balaban J connectivity index is 1.91. The number of likely N-dealkylation sites (tertiary alicyclic amines) is 1. The van der Waals surface area contributed by atoms with Crippen LogP contribution in [-0.4, -0.2) is 70.8 Å². The van der Waals surface area contributed by atoms with Gasteiger partial charge in [0, 0.05) is 13.0 Å². The predicted octanol–water partition coefficient (Wildman–Crippen LogP) is 1.18. The van der Waals surface area contributed by atoms with Gasteiger partial charge < -0.3 is 9.64 Å². The van der Waals surface area contributed by atoms with Gasteiger partial charge in [-0.25, -0.2) is 4.79 Å². The number of aliphatic imine (C=N–C) groups is 1. The first kappa shape index (κ1) is 19.0. The van der Waals surface area contributed by atoms with E-state index in [1.807, 2.05) is 41.5 Å². The number of carbonyl (C=O) groups excluding carboxylic acids is 3. The summed E-state index contributed by atoms with van der Waals surface area (Å²) < 4.78 is 5.24. The fourth-order valence-electron chi connectivity index (χ4n) is 5.05. The number of esters is 1. The van der Waals surface area contributed by atoms with Crippen LogP contribution in [0.15, 0.2) is 35.3 Å². The summed E-state index contributed by atoms with van der Waals surface area (Å²) in [6, 6.07) is 9.26. The molecule has 2 fully saturated rings. The van der Waals surface area contributed by atoms with Crippen LogP contribution in [-0.2, 0) is 25.5 Å². The topological polar surface area (TPSA) is 79.3 Å². The van der Waals surface area contributed by atoms with Crippen molar-refractivity contribution in [1.29, 1.82) is 0 Å². The normalized spacial score (nSPS) is 31.1. The summed E-state index contributed by atoms with van der Waals surface area (Å²) in [6.45, 7) is 2.49. The zero-order valence-electron chi connectivity index (χ0n) is 16.1. The van der Waals surface area contributed by atoms with E-state index >= 15 is 0 Å². The molecule has 0 N–H and O–H groups in total. The van der Waals surface area contributed by atoms with E-state index in [0.717, 1.165) is 5.56 Å². The van der Waals surface area contributed by atoms with E-state index in [9.17, 15) is 14.4 Å². The molecule has 0 saturated carbocycles. The van der Waals surface area contributed by atoms with Crippen LogP contribution in [0.25, 0.3) is 0 Å². The van der Waals surface area contributed by atoms with E-state index in [0.29, 0.717) is 18.3 Å². The van der Waals surface area contributed by atoms with Crippen LogP contribution >= 0.6 is 11.8 Å². The van der Waals surface area contributed by atoms with Crippen LogP contribution in [0.5, 0.6) is 0 Å². The molecule has 0 aliphatic carbocycles. The van der Waals surface area contributed by atoms with E-state index in [2.05, 4.69) is 4.99 Å². The second-order valence-electron chi connectivity index (χ2n) is 7.27. The molecular weight excluding hydrogens is 378 g/mol. The summed E-state index contributed by atoms with van der Waals surface area (Å²) in [5, 5.41) is 0.685. The lowest BCUT2D eigenvalue weighted by molar-refractivity contribution is -0.158. The number of imide groups is 1. The Morgan fingerprint density at radius 1 is 1.29 bits per heavy atom. The Labute approximate surface area is 168 Å². The highest BCUT2D eigenvalue weighted by molar-refractivity contribution is 8.13. The molecule has 4 atom stereocenters. The van der Waals surface area contributed by atoms with Crippen molar-refractivity contribution < 1.29 is 19.1 Å². The minimum Gasteiger partial charge on any atom is -0.467 e. The van der Waals surface area contributed by atoms with Crippen LogP contribution in [0, 0.1) is 11.8 Å². The molecule has 0 aromatic heterocycles. The first-order valence-corrected chi connectivity index (χ1v) is 10.6. The molecule has 1 aromatic carbocycles. The summed E-state index contributed by atoms with van der Waals surface area (Å²) in [7, 11) is 1.34. The maximum absolute atomic E-state index is 13.3. The molecule has 3 aliphatic heterocycles. The largest absolute Gasteiger partial charge is 0.467 e. The minimum atomic E-state index is -1.28. The molecule has 0 unspecified atom stereocenters. The standard InChI is InChI=1S/C20H23N3O4S/c1-4-22-16(24)14-13-11-21-19(28-3)23(13)20(18(26)27-2,15(14)17(22)25)10-12-8-6-5-7-9-12/h5-9,13-15H,4,10-11H2,1-3H3/t13-,14+,15-,20-/m1/s1. The zero-order chi connectivity index (χ0) is 20.1. The fraction of sp³-hybridized carbons (Fsp3) is 0.500. The predicted molar refractivity (Wildman–Crippen MR) is 106 cm³/mol. The highest BCUT2D eigenvalue weighted by Crippen LogP contribution is 2.53. The molecule has 8 heteroatoms. The first-order chi connectivity index (χ1) is 13.5. The number of amidine groups is 1. The molecule has 4 rings (SSSR count). The summed E-state index contributed by atoms with van der Waals surface area (Å²) in [6.07, 6.45) is 2.18. The molecule has 1 aromatic rings. The Hall–Kier alpha value is -2.35. The first-order valence-electron chi connectivity index (χ1n) is 9.36. The number of rotatable bonds is 4. The number of carbonyl (C=O) groups is 3. The number of nitrogens with zero attached hydrogens (tertiary/aromatic N) is 3. The van der Waals surface area contributed by atoms with Crippen molar-refractivity contribution in [1.82, 2.24) is 9.80 Å². The third-order valence-electron chi connectivity index (χ3n) is 6.11. The van der Waals surface area contributed by atoms with Crippen LogP contribution in [0.4, 0.5) is 0 Å². The second-order valence-corrected chi connectivity index (χ2v) is 8.04. The molecule has 0 bridgehead atoms. The van der Waals surface area contributed by atoms with Gasteiger partial charge in [-0.15, -0.1) is 0 Å². The smallest absolute Gasteiger partial charge is 0.333 e. The number of hydrogen-bond donors (Lipinski definition) is 0. The van der Waals surface area contributed by atoms with Gasteiger partial charge in [-0.05, 0) is 18.7 Å². The third-order valence-corrected chi connectivity index (χ3v) is 6.80. The molecule has 28 heavy (non-hydrogen) atoms. The van der Waals surface area contributed by atoms with Gasteiger partial charge in [0.1, 0.15) is 0 Å². The maximum Gasteiger partial charge on any atom is 0.333 e. The van der Waals surface area contributed by atoms with E-state index in [1.54, 1.807) is 6.92 Å². The van der Waals surface area contributed by atoms with Crippen LogP contribution in [0.1, 0.15) is 12.5 Å². The number of ether oxygens (including phenoxy) is 1. The Bertz CT molecular complexity index is 858. The van der Waals surface area contributed by atoms with E-state index in [4.69, 9.17) is 4.74 Å². The minimum absolute atomic E-state index is 0.205. The number of amides is 2.